The summed E-state index contributed by atoms with van der Waals surface area (Å²) in [5, 5.41) is 6.07. The predicted octanol–water partition coefficient (Wildman–Crippen LogP) is 3.80. The van der Waals surface area contributed by atoms with Crippen molar-refractivity contribution < 1.29 is 8.42 Å². The number of nitrogens with zero attached hydrogens (tertiary/aromatic N) is 2. The number of hydrogen-bond acceptors (Lipinski definition) is 4. The van der Waals surface area contributed by atoms with Crippen molar-refractivity contribution in [1.29, 1.82) is 0 Å². The molecule has 0 aliphatic carbocycles. The van der Waals surface area contributed by atoms with Crippen LogP contribution in [0.3, 0.4) is 0 Å². The molecule has 5 rings (SSSR count). The van der Waals surface area contributed by atoms with E-state index in [1.54, 1.807) is 18.5 Å². The van der Waals surface area contributed by atoms with Crippen molar-refractivity contribution in [1.82, 2.24) is 14.3 Å². The van der Waals surface area contributed by atoms with E-state index in [9.17, 15) is 8.42 Å². The Balaban J connectivity index is 1.72. The van der Waals surface area contributed by atoms with E-state index >= 15 is 0 Å². The largest absolute Gasteiger partial charge is 0.313 e. The summed E-state index contributed by atoms with van der Waals surface area (Å²) >= 11 is 0. The minimum absolute atomic E-state index is 0.0535. The van der Waals surface area contributed by atoms with Gasteiger partial charge < -0.3 is 5.32 Å². The van der Waals surface area contributed by atoms with Gasteiger partial charge in [0.25, 0.3) is 10.0 Å². The second-order valence-electron chi connectivity index (χ2n) is 6.91. The molecule has 6 heteroatoms. The Hall–Kier alpha value is -2.96. The van der Waals surface area contributed by atoms with Gasteiger partial charge in [-0.25, -0.2) is 8.96 Å². The van der Waals surface area contributed by atoms with E-state index in [4.69, 9.17) is 0 Å². The lowest BCUT2D eigenvalue weighted by Crippen LogP contribution is -2.20. The predicted molar refractivity (Wildman–Crippen MR) is 112 cm³/mol. The van der Waals surface area contributed by atoms with Gasteiger partial charge in [-0.3, -0.25) is 0 Å². The fraction of sp³-hybridized carbons (Fsp3) is 0.136. The van der Waals surface area contributed by atoms with Crippen LogP contribution in [0.4, 0.5) is 0 Å². The van der Waals surface area contributed by atoms with Crippen LogP contribution in [-0.4, -0.2) is 30.5 Å². The summed E-state index contributed by atoms with van der Waals surface area (Å²) in [4.78, 5) is 4.25. The molecule has 1 aliphatic rings. The molecule has 0 fully saturated rings. The van der Waals surface area contributed by atoms with Crippen molar-refractivity contribution in [3.63, 3.8) is 0 Å². The van der Waals surface area contributed by atoms with Gasteiger partial charge in [0, 0.05) is 35.3 Å². The maximum Gasteiger partial charge on any atom is 0.285 e. The number of rotatable bonds is 3. The standard InChI is InChI=1S/C22H19N3O2S/c26-28(27,22-13-17-5-1-2-6-18(17)14-24-22)25-15-20(16-9-11-23-12-10-16)19-7-3-4-8-21(19)25/h1-9,13-15,23H,10-12H2. The van der Waals surface area contributed by atoms with Crippen LogP contribution in [0.5, 0.6) is 0 Å². The summed E-state index contributed by atoms with van der Waals surface area (Å²) in [5.74, 6) is 0. The summed E-state index contributed by atoms with van der Waals surface area (Å²) in [6.07, 6.45) is 6.37. The molecule has 4 aromatic rings. The fourth-order valence-corrected chi connectivity index (χ4v) is 5.10. The average Bonchev–Trinajstić information content (AvgIpc) is 3.14. The molecule has 0 spiro atoms. The molecule has 0 saturated carbocycles. The van der Waals surface area contributed by atoms with Crippen LogP contribution in [-0.2, 0) is 10.0 Å². The van der Waals surface area contributed by atoms with Crippen LogP contribution in [0, 0.1) is 0 Å². The van der Waals surface area contributed by atoms with E-state index in [0.29, 0.717) is 5.52 Å². The zero-order valence-corrected chi connectivity index (χ0v) is 16.0. The molecule has 0 bridgehead atoms. The second-order valence-corrected chi connectivity index (χ2v) is 8.68. The molecule has 0 amide bonds. The van der Waals surface area contributed by atoms with Gasteiger partial charge in [-0.2, -0.15) is 8.42 Å². The Bertz CT molecular complexity index is 1340. The molecule has 5 nitrogen and oxygen atoms in total. The van der Waals surface area contributed by atoms with Crippen LogP contribution in [0.1, 0.15) is 12.0 Å². The van der Waals surface area contributed by atoms with E-state index in [0.717, 1.165) is 41.2 Å². The number of para-hydroxylation sites is 1. The summed E-state index contributed by atoms with van der Waals surface area (Å²) in [7, 11) is -3.81. The third-order valence-electron chi connectivity index (χ3n) is 5.22. The number of nitrogens with one attached hydrogen (secondary N) is 1. The topological polar surface area (TPSA) is 64.0 Å². The SMILES string of the molecule is O=S(=O)(c1cc2ccccc2cn1)n1cc(C2=CCNCC2)c2ccccc21. The van der Waals surface area contributed by atoms with Gasteiger partial charge in [-0.1, -0.05) is 48.5 Å². The van der Waals surface area contributed by atoms with Crippen molar-refractivity contribution in [2.24, 2.45) is 0 Å². The molecular formula is C22H19N3O2S. The lowest BCUT2D eigenvalue weighted by molar-refractivity contribution is 0.585. The van der Waals surface area contributed by atoms with E-state index in [-0.39, 0.29) is 5.03 Å². The van der Waals surface area contributed by atoms with Crippen molar-refractivity contribution in [3.05, 3.63) is 78.6 Å². The lowest BCUT2D eigenvalue weighted by Gasteiger charge is -2.13. The Labute approximate surface area is 163 Å². The Morgan fingerprint density at radius 1 is 1.00 bits per heavy atom. The first-order valence-electron chi connectivity index (χ1n) is 9.25. The normalized spacial score (nSPS) is 15.1. The molecule has 0 unspecified atom stereocenters. The number of aromatic nitrogens is 2. The Morgan fingerprint density at radius 2 is 1.79 bits per heavy atom. The van der Waals surface area contributed by atoms with Gasteiger partial charge in [0.1, 0.15) is 0 Å². The first-order valence-corrected chi connectivity index (χ1v) is 10.7. The van der Waals surface area contributed by atoms with Crippen molar-refractivity contribution in [2.45, 2.75) is 11.4 Å². The van der Waals surface area contributed by atoms with E-state index in [1.165, 1.54) is 9.55 Å². The van der Waals surface area contributed by atoms with Crippen molar-refractivity contribution >= 4 is 37.3 Å². The zero-order valence-electron chi connectivity index (χ0n) is 15.2. The molecule has 2 aromatic heterocycles. The average molecular weight is 389 g/mol. The maximum absolute atomic E-state index is 13.5. The van der Waals surface area contributed by atoms with Crippen molar-refractivity contribution in [2.75, 3.05) is 13.1 Å². The molecule has 1 aliphatic heterocycles. The van der Waals surface area contributed by atoms with Gasteiger partial charge in [0.2, 0.25) is 0 Å². The van der Waals surface area contributed by atoms with E-state index in [2.05, 4.69) is 16.4 Å². The summed E-state index contributed by atoms with van der Waals surface area (Å²) in [6.45, 7) is 1.69. The van der Waals surface area contributed by atoms with Gasteiger partial charge in [0.15, 0.2) is 5.03 Å². The summed E-state index contributed by atoms with van der Waals surface area (Å²) in [5.41, 5.74) is 2.82. The third-order valence-corrected chi connectivity index (χ3v) is 6.79. The van der Waals surface area contributed by atoms with Crippen LogP contribution in [0.15, 0.2) is 78.1 Å². The summed E-state index contributed by atoms with van der Waals surface area (Å²) in [6, 6.07) is 16.9. The number of benzene rings is 2. The van der Waals surface area contributed by atoms with Crippen LogP contribution < -0.4 is 5.32 Å². The van der Waals surface area contributed by atoms with E-state index < -0.39 is 10.0 Å². The first-order chi connectivity index (χ1) is 13.6. The molecule has 1 N–H and O–H groups in total. The quantitative estimate of drug-likeness (QED) is 0.579. The highest BCUT2D eigenvalue weighted by Crippen LogP contribution is 2.32. The molecule has 2 aromatic carbocycles. The molecule has 3 heterocycles. The fourth-order valence-electron chi connectivity index (χ4n) is 3.78. The van der Waals surface area contributed by atoms with E-state index in [1.807, 2.05) is 48.5 Å². The molecular weight excluding hydrogens is 370 g/mol. The van der Waals surface area contributed by atoms with Gasteiger partial charge in [-0.15, -0.1) is 0 Å². The minimum atomic E-state index is -3.81. The second kappa shape index (κ2) is 6.58. The summed E-state index contributed by atoms with van der Waals surface area (Å²) < 4.78 is 28.3. The molecule has 140 valence electrons. The van der Waals surface area contributed by atoms with Gasteiger partial charge >= 0.3 is 0 Å². The van der Waals surface area contributed by atoms with Gasteiger partial charge in [-0.05, 0) is 36.1 Å². The molecule has 0 atom stereocenters. The number of fused-ring (bicyclic) bond motifs is 2. The Kier molecular flexibility index (Phi) is 4.03. The maximum atomic E-state index is 13.5. The highest BCUT2D eigenvalue weighted by molar-refractivity contribution is 7.90. The highest BCUT2D eigenvalue weighted by atomic mass is 32.2. The molecule has 0 saturated heterocycles. The zero-order chi connectivity index (χ0) is 19.1. The third kappa shape index (κ3) is 2.73. The Morgan fingerprint density at radius 3 is 2.61 bits per heavy atom. The van der Waals surface area contributed by atoms with Crippen molar-refractivity contribution in [3.8, 4) is 0 Å². The highest BCUT2D eigenvalue weighted by Gasteiger charge is 2.24. The lowest BCUT2D eigenvalue weighted by atomic mass is 10.00. The van der Waals surface area contributed by atoms with Crippen LogP contribution in [0.25, 0.3) is 27.2 Å². The van der Waals surface area contributed by atoms with Crippen LogP contribution >= 0.6 is 0 Å². The smallest absolute Gasteiger partial charge is 0.285 e. The number of pyridine rings is 1. The first kappa shape index (κ1) is 17.2. The minimum Gasteiger partial charge on any atom is -0.313 e. The van der Waals surface area contributed by atoms with Crippen LogP contribution in [0.2, 0.25) is 0 Å². The van der Waals surface area contributed by atoms with Gasteiger partial charge in [0.05, 0.1) is 5.52 Å². The molecule has 28 heavy (non-hydrogen) atoms. The molecule has 0 radical (unpaired) electrons. The number of hydrogen-bond donors (Lipinski definition) is 1. The monoisotopic (exact) mass is 389 g/mol.